The van der Waals surface area contributed by atoms with Gasteiger partial charge in [0.2, 0.25) is 0 Å². The minimum absolute atomic E-state index is 0.129. The Hall–Kier alpha value is -3.82. The van der Waals surface area contributed by atoms with Gasteiger partial charge in [0.25, 0.3) is 0 Å². The van der Waals surface area contributed by atoms with E-state index >= 15 is 0 Å². The Morgan fingerprint density at radius 1 is 1.18 bits per heavy atom. The molecule has 0 radical (unpaired) electrons. The summed E-state index contributed by atoms with van der Waals surface area (Å²) in [6.07, 6.45) is -1.44. The van der Waals surface area contributed by atoms with Crippen molar-refractivity contribution < 1.29 is 28.2 Å². The summed E-state index contributed by atoms with van der Waals surface area (Å²) in [5.74, 6) is -2.63. The molecule has 7 nitrogen and oxygen atoms in total. The number of rotatable bonds is 1. The van der Waals surface area contributed by atoms with Crippen LogP contribution in [-0.2, 0) is 4.79 Å². The standard InChI is InChI=1S/C16H12N4O.C2HF3O2/c17-11-3-4-12-13(16(21)19-15(12)7-11)5-9-1-2-10-8-18-20-14(10)6-9;3-2(4,5)1(6)7/h1-8,19,21H,17H2;(H,6,7). The maximum absolute atomic E-state index is 10.6. The number of anilines is 1. The van der Waals surface area contributed by atoms with Crippen molar-refractivity contribution in [3.05, 3.63) is 52.4 Å². The minimum Gasteiger partial charge on any atom is -0.494 e. The number of nitrogens with zero attached hydrogens (tertiary/aromatic N) is 2. The number of benzene rings is 2. The summed E-state index contributed by atoms with van der Waals surface area (Å²) in [4.78, 5) is 11.8. The summed E-state index contributed by atoms with van der Waals surface area (Å²) in [5.41, 5.74) is 8.81. The molecule has 0 atom stereocenters. The number of carbonyl (C=O) groups is 1. The van der Waals surface area contributed by atoms with Crippen molar-refractivity contribution in [3.8, 4) is 5.88 Å². The fourth-order valence-corrected chi connectivity index (χ4v) is 2.53. The van der Waals surface area contributed by atoms with Gasteiger partial charge in [0.15, 0.2) is 5.88 Å². The number of fused-ring (bicyclic) bond motifs is 2. The van der Waals surface area contributed by atoms with E-state index in [2.05, 4.69) is 15.2 Å². The number of alkyl halides is 3. The number of H-pyrrole nitrogens is 1. The number of carboxylic acids is 1. The van der Waals surface area contributed by atoms with Gasteiger partial charge >= 0.3 is 12.1 Å². The average Bonchev–Trinajstić information content (AvgIpc) is 3.18. The number of nitrogens with one attached hydrogen (secondary N) is 1. The van der Waals surface area contributed by atoms with E-state index in [-0.39, 0.29) is 5.88 Å². The maximum Gasteiger partial charge on any atom is 0.490 e. The molecule has 144 valence electrons. The highest BCUT2D eigenvalue weighted by molar-refractivity contribution is 5.93. The lowest BCUT2D eigenvalue weighted by atomic mass is 10.1. The number of azo groups is 1. The van der Waals surface area contributed by atoms with Gasteiger partial charge in [0.1, 0.15) is 0 Å². The van der Waals surface area contributed by atoms with Gasteiger partial charge in [0, 0.05) is 21.9 Å². The smallest absolute Gasteiger partial charge is 0.490 e. The highest BCUT2D eigenvalue weighted by atomic mass is 19.4. The molecule has 0 aliphatic carbocycles. The summed E-state index contributed by atoms with van der Waals surface area (Å²) in [6, 6.07) is 11.4. The molecule has 28 heavy (non-hydrogen) atoms. The van der Waals surface area contributed by atoms with E-state index in [9.17, 15) is 18.3 Å². The fourth-order valence-electron chi connectivity index (χ4n) is 2.53. The van der Waals surface area contributed by atoms with Crippen LogP contribution in [0, 0.1) is 0 Å². The van der Waals surface area contributed by atoms with Gasteiger partial charge in [-0.1, -0.05) is 18.2 Å². The first-order valence-corrected chi connectivity index (χ1v) is 7.78. The summed E-state index contributed by atoms with van der Waals surface area (Å²) >= 11 is 0. The van der Waals surface area contributed by atoms with Crippen LogP contribution in [-0.4, -0.2) is 27.3 Å². The average molecular weight is 390 g/mol. The van der Waals surface area contributed by atoms with E-state index in [1.807, 2.05) is 36.4 Å². The van der Waals surface area contributed by atoms with Crippen molar-refractivity contribution in [1.82, 2.24) is 4.98 Å². The number of aromatic amines is 1. The van der Waals surface area contributed by atoms with E-state index in [1.54, 1.807) is 12.3 Å². The second-order valence-electron chi connectivity index (χ2n) is 5.80. The Morgan fingerprint density at radius 3 is 2.57 bits per heavy atom. The van der Waals surface area contributed by atoms with Crippen molar-refractivity contribution in [3.63, 3.8) is 0 Å². The van der Waals surface area contributed by atoms with Crippen molar-refractivity contribution in [2.75, 3.05) is 5.73 Å². The molecule has 1 aliphatic rings. The highest BCUT2D eigenvalue weighted by Crippen LogP contribution is 2.29. The molecule has 0 unspecified atom stereocenters. The number of aromatic hydroxyl groups is 1. The molecule has 2 aromatic carbocycles. The fraction of sp³-hybridized carbons (Fsp3) is 0.0556. The molecular weight excluding hydrogens is 377 g/mol. The van der Waals surface area contributed by atoms with Crippen molar-refractivity contribution >= 4 is 40.5 Å². The van der Waals surface area contributed by atoms with E-state index in [4.69, 9.17) is 15.6 Å². The Kier molecular flexibility index (Phi) is 4.78. The molecule has 0 bridgehead atoms. The topological polar surface area (TPSA) is 124 Å². The number of hydrogen-bond donors (Lipinski definition) is 4. The zero-order chi connectivity index (χ0) is 20.5. The van der Waals surface area contributed by atoms with Crippen molar-refractivity contribution in [2.45, 2.75) is 6.18 Å². The quantitative estimate of drug-likeness (QED) is 0.477. The van der Waals surface area contributed by atoms with Crippen molar-refractivity contribution in [1.29, 1.82) is 0 Å². The second kappa shape index (κ2) is 7.06. The number of hydrogen-bond acceptors (Lipinski definition) is 5. The molecule has 5 N–H and O–H groups in total. The van der Waals surface area contributed by atoms with Crippen LogP contribution in [0.25, 0.3) is 23.2 Å². The maximum atomic E-state index is 10.6. The van der Waals surface area contributed by atoms with Crippen LogP contribution in [0.4, 0.5) is 24.5 Å². The van der Waals surface area contributed by atoms with E-state index in [0.29, 0.717) is 5.69 Å². The molecule has 1 aliphatic heterocycles. The number of aliphatic carboxylic acids is 1. The third-order valence-electron chi connectivity index (χ3n) is 3.81. The van der Waals surface area contributed by atoms with Gasteiger partial charge in [-0.05, 0) is 29.5 Å². The predicted molar refractivity (Wildman–Crippen MR) is 96.3 cm³/mol. The molecule has 2 heterocycles. The molecule has 4 rings (SSSR count). The Bertz CT molecular complexity index is 1210. The van der Waals surface area contributed by atoms with Crippen LogP contribution in [0.2, 0.25) is 0 Å². The molecule has 0 spiro atoms. The molecular formula is C18H13F3N4O3. The zero-order valence-electron chi connectivity index (χ0n) is 14.0. The number of carboxylic acid groups (broad SMARTS) is 1. The lowest BCUT2D eigenvalue weighted by molar-refractivity contribution is -0.192. The van der Waals surface area contributed by atoms with Gasteiger partial charge in [-0.3, -0.25) is 0 Å². The molecule has 0 fully saturated rings. The first kappa shape index (κ1) is 19.0. The largest absolute Gasteiger partial charge is 0.494 e. The third kappa shape index (κ3) is 3.95. The first-order valence-electron chi connectivity index (χ1n) is 7.78. The summed E-state index contributed by atoms with van der Waals surface area (Å²) in [5, 5.41) is 28.0. The molecule has 0 saturated carbocycles. The van der Waals surface area contributed by atoms with E-state index in [0.717, 1.165) is 32.6 Å². The number of halogens is 3. The van der Waals surface area contributed by atoms with Gasteiger partial charge in [0.05, 0.1) is 17.4 Å². The van der Waals surface area contributed by atoms with Crippen LogP contribution < -0.4 is 16.2 Å². The van der Waals surface area contributed by atoms with Crippen LogP contribution in [0.5, 0.6) is 5.88 Å². The second-order valence-corrected chi connectivity index (χ2v) is 5.80. The first-order chi connectivity index (χ1) is 13.1. The third-order valence-corrected chi connectivity index (χ3v) is 3.81. The monoisotopic (exact) mass is 390 g/mol. The summed E-state index contributed by atoms with van der Waals surface area (Å²) in [7, 11) is 0. The number of aromatic nitrogens is 1. The lowest BCUT2D eigenvalue weighted by Gasteiger charge is -1.95. The SMILES string of the molecule is Nc1ccc2c(C=c3ccc4c(c3)N=NC=4)c(O)[nH]c2c1.O=C(O)C(F)(F)F. The summed E-state index contributed by atoms with van der Waals surface area (Å²) < 4.78 is 31.7. The van der Waals surface area contributed by atoms with Gasteiger partial charge < -0.3 is 20.9 Å². The van der Waals surface area contributed by atoms with E-state index < -0.39 is 12.1 Å². The lowest BCUT2D eigenvalue weighted by Crippen LogP contribution is -2.21. The Balaban J connectivity index is 0.000000279. The molecule has 10 heteroatoms. The van der Waals surface area contributed by atoms with E-state index in [1.165, 1.54) is 0 Å². The van der Waals surface area contributed by atoms with Crippen LogP contribution in [0.1, 0.15) is 5.56 Å². The normalized spacial score (nSPS) is 13.0. The highest BCUT2D eigenvalue weighted by Gasteiger charge is 2.38. The Morgan fingerprint density at radius 2 is 1.89 bits per heavy atom. The Labute approximate surface area is 154 Å². The predicted octanol–water partition coefficient (Wildman–Crippen LogP) is 2.75. The zero-order valence-corrected chi connectivity index (χ0v) is 14.0. The van der Waals surface area contributed by atoms with Crippen molar-refractivity contribution in [2.24, 2.45) is 10.2 Å². The minimum atomic E-state index is -5.08. The molecule has 1 aromatic heterocycles. The number of nitrogens with two attached hydrogens (primary N) is 1. The molecule has 0 amide bonds. The molecule has 3 aromatic rings. The van der Waals surface area contributed by atoms with Crippen LogP contribution in [0.15, 0.2) is 46.6 Å². The van der Waals surface area contributed by atoms with Crippen LogP contribution in [0.3, 0.4) is 0 Å². The van der Waals surface area contributed by atoms with Gasteiger partial charge in [-0.15, -0.1) is 0 Å². The number of nitrogen functional groups attached to an aromatic ring is 1. The van der Waals surface area contributed by atoms with Crippen LogP contribution >= 0.6 is 0 Å². The van der Waals surface area contributed by atoms with Gasteiger partial charge in [-0.25, -0.2) is 4.79 Å². The van der Waals surface area contributed by atoms with Gasteiger partial charge in [-0.2, -0.15) is 23.4 Å². The summed E-state index contributed by atoms with van der Waals surface area (Å²) in [6.45, 7) is 0. The molecule has 0 saturated heterocycles.